The standard InChI is InChI=1S/C19H27N3O4/c1-4-13(2)19(25)22(15-7-8-15)12-18(24)20-11-17(23)21-14-5-9-16(26-3)10-6-14/h5-6,9-10,13,15H,4,7-8,11-12H2,1-3H3,(H,20,24)(H,21,23)/t13-/m1/s1. The number of benzene rings is 1. The van der Waals surface area contributed by atoms with Crippen molar-refractivity contribution in [3.8, 4) is 5.75 Å². The number of hydrogen-bond acceptors (Lipinski definition) is 4. The molecule has 1 aromatic rings. The summed E-state index contributed by atoms with van der Waals surface area (Å²) in [5.41, 5.74) is 0.622. The first-order chi connectivity index (χ1) is 12.4. The van der Waals surface area contributed by atoms with E-state index in [9.17, 15) is 14.4 Å². The minimum absolute atomic E-state index is 0.00363. The second kappa shape index (κ2) is 9.22. The highest BCUT2D eigenvalue weighted by Crippen LogP contribution is 2.28. The summed E-state index contributed by atoms with van der Waals surface area (Å²) in [6, 6.07) is 7.08. The van der Waals surface area contributed by atoms with Gasteiger partial charge in [-0.1, -0.05) is 13.8 Å². The molecule has 0 aliphatic heterocycles. The second-order valence-electron chi connectivity index (χ2n) is 6.56. The summed E-state index contributed by atoms with van der Waals surface area (Å²) in [5, 5.41) is 5.28. The molecule has 1 saturated carbocycles. The predicted molar refractivity (Wildman–Crippen MR) is 98.8 cm³/mol. The van der Waals surface area contributed by atoms with E-state index in [0.717, 1.165) is 19.3 Å². The maximum Gasteiger partial charge on any atom is 0.243 e. The monoisotopic (exact) mass is 361 g/mol. The number of carbonyl (C=O) groups is 3. The van der Waals surface area contributed by atoms with Crippen LogP contribution in [0.15, 0.2) is 24.3 Å². The number of hydrogen-bond donors (Lipinski definition) is 2. The summed E-state index contributed by atoms with van der Waals surface area (Å²) in [5.74, 6) is -0.0368. The number of nitrogens with one attached hydrogen (secondary N) is 2. The number of nitrogens with zero attached hydrogens (tertiary/aromatic N) is 1. The molecule has 0 bridgehead atoms. The third-order valence-electron chi connectivity index (χ3n) is 4.44. The summed E-state index contributed by atoms with van der Waals surface area (Å²) in [6.07, 6.45) is 2.62. The maximum atomic E-state index is 12.4. The molecular weight excluding hydrogens is 334 g/mol. The van der Waals surface area contributed by atoms with E-state index in [1.165, 1.54) is 0 Å². The highest BCUT2D eigenvalue weighted by molar-refractivity contribution is 5.95. The Balaban J connectivity index is 1.79. The molecule has 142 valence electrons. The molecule has 3 amide bonds. The quantitative estimate of drug-likeness (QED) is 0.702. The van der Waals surface area contributed by atoms with E-state index in [1.54, 1.807) is 36.3 Å². The Hall–Kier alpha value is -2.57. The SMILES string of the molecule is CC[C@@H](C)C(=O)N(CC(=O)NCC(=O)Nc1ccc(OC)cc1)C1CC1. The van der Waals surface area contributed by atoms with Crippen LogP contribution in [0, 0.1) is 5.92 Å². The summed E-state index contributed by atoms with van der Waals surface area (Å²) in [4.78, 5) is 38.1. The van der Waals surface area contributed by atoms with Crippen LogP contribution in [0.4, 0.5) is 5.69 Å². The van der Waals surface area contributed by atoms with Gasteiger partial charge in [-0.15, -0.1) is 0 Å². The topological polar surface area (TPSA) is 87.7 Å². The molecule has 1 aromatic carbocycles. The molecule has 26 heavy (non-hydrogen) atoms. The molecule has 7 nitrogen and oxygen atoms in total. The molecule has 0 saturated heterocycles. The van der Waals surface area contributed by atoms with Crippen LogP contribution in [0.3, 0.4) is 0 Å². The lowest BCUT2D eigenvalue weighted by molar-refractivity contribution is -0.139. The van der Waals surface area contributed by atoms with Crippen LogP contribution in [0.25, 0.3) is 0 Å². The molecule has 0 spiro atoms. The van der Waals surface area contributed by atoms with Gasteiger partial charge in [-0.25, -0.2) is 0 Å². The molecule has 1 fully saturated rings. The van der Waals surface area contributed by atoms with Crippen molar-refractivity contribution in [3.05, 3.63) is 24.3 Å². The fourth-order valence-corrected chi connectivity index (χ4v) is 2.50. The summed E-state index contributed by atoms with van der Waals surface area (Å²) in [6.45, 7) is 3.69. The molecule has 1 aliphatic rings. The molecule has 2 N–H and O–H groups in total. The van der Waals surface area contributed by atoms with Gasteiger partial charge in [-0.2, -0.15) is 0 Å². The number of carbonyl (C=O) groups excluding carboxylic acids is 3. The van der Waals surface area contributed by atoms with Crippen molar-refractivity contribution in [2.75, 3.05) is 25.5 Å². The lowest BCUT2D eigenvalue weighted by atomic mass is 10.1. The molecule has 0 radical (unpaired) electrons. The van der Waals surface area contributed by atoms with Crippen molar-refractivity contribution in [2.24, 2.45) is 5.92 Å². The molecule has 0 unspecified atom stereocenters. The van der Waals surface area contributed by atoms with Gasteiger partial charge in [-0.3, -0.25) is 14.4 Å². The van der Waals surface area contributed by atoms with Crippen LogP contribution in [0.1, 0.15) is 33.1 Å². The van der Waals surface area contributed by atoms with Gasteiger partial charge in [-0.05, 0) is 43.5 Å². The third-order valence-corrected chi connectivity index (χ3v) is 4.44. The number of rotatable bonds is 9. The zero-order valence-corrected chi connectivity index (χ0v) is 15.6. The summed E-state index contributed by atoms with van der Waals surface area (Å²) < 4.78 is 5.06. The minimum atomic E-state index is -0.324. The number of methoxy groups -OCH3 is 1. The minimum Gasteiger partial charge on any atom is -0.497 e. The first kappa shape index (κ1) is 19.8. The Morgan fingerprint density at radius 1 is 1.19 bits per heavy atom. The lowest BCUT2D eigenvalue weighted by Crippen LogP contribution is -2.45. The number of ether oxygens (including phenoxy) is 1. The zero-order valence-electron chi connectivity index (χ0n) is 15.6. The van der Waals surface area contributed by atoms with Gasteiger partial charge in [0.05, 0.1) is 20.2 Å². The second-order valence-corrected chi connectivity index (χ2v) is 6.56. The van der Waals surface area contributed by atoms with Gasteiger partial charge in [0, 0.05) is 17.6 Å². The van der Waals surface area contributed by atoms with Gasteiger partial charge in [0.25, 0.3) is 0 Å². The average Bonchev–Trinajstić information content (AvgIpc) is 3.49. The van der Waals surface area contributed by atoms with Crippen molar-refractivity contribution in [1.82, 2.24) is 10.2 Å². The molecule has 7 heteroatoms. The van der Waals surface area contributed by atoms with E-state index >= 15 is 0 Å². The Morgan fingerprint density at radius 2 is 1.85 bits per heavy atom. The van der Waals surface area contributed by atoms with Crippen LogP contribution in [0.5, 0.6) is 5.75 Å². The van der Waals surface area contributed by atoms with Crippen LogP contribution in [0.2, 0.25) is 0 Å². The molecule has 0 aromatic heterocycles. The molecule has 2 rings (SSSR count). The van der Waals surface area contributed by atoms with Gasteiger partial charge < -0.3 is 20.3 Å². The van der Waals surface area contributed by atoms with Crippen molar-refractivity contribution in [1.29, 1.82) is 0 Å². The van der Waals surface area contributed by atoms with Gasteiger partial charge in [0.2, 0.25) is 17.7 Å². The summed E-state index contributed by atoms with van der Waals surface area (Å²) in [7, 11) is 1.57. The van der Waals surface area contributed by atoms with E-state index in [2.05, 4.69) is 10.6 Å². The van der Waals surface area contributed by atoms with Gasteiger partial charge in [0.1, 0.15) is 5.75 Å². The van der Waals surface area contributed by atoms with E-state index in [4.69, 9.17) is 4.74 Å². The number of amides is 3. The first-order valence-corrected chi connectivity index (χ1v) is 8.95. The smallest absolute Gasteiger partial charge is 0.243 e. The fourth-order valence-electron chi connectivity index (χ4n) is 2.50. The normalized spacial score (nSPS) is 14.3. The maximum absolute atomic E-state index is 12.4. The van der Waals surface area contributed by atoms with Crippen LogP contribution in [-0.2, 0) is 14.4 Å². The molecule has 1 atom stereocenters. The Kier molecular flexibility index (Phi) is 7.00. The van der Waals surface area contributed by atoms with E-state index in [-0.39, 0.29) is 42.8 Å². The van der Waals surface area contributed by atoms with Gasteiger partial charge in [0.15, 0.2) is 0 Å². The Bertz CT molecular complexity index is 641. The third kappa shape index (κ3) is 5.75. The summed E-state index contributed by atoms with van der Waals surface area (Å²) >= 11 is 0. The van der Waals surface area contributed by atoms with Crippen LogP contribution >= 0.6 is 0 Å². The van der Waals surface area contributed by atoms with Crippen molar-refractivity contribution >= 4 is 23.4 Å². The fraction of sp³-hybridized carbons (Fsp3) is 0.526. The Labute approximate surface area is 154 Å². The zero-order chi connectivity index (χ0) is 19.1. The van der Waals surface area contributed by atoms with E-state index in [0.29, 0.717) is 11.4 Å². The largest absolute Gasteiger partial charge is 0.497 e. The molecule has 0 heterocycles. The molecular formula is C19H27N3O4. The number of anilines is 1. The highest BCUT2D eigenvalue weighted by Gasteiger charge is 2.35. The van der Waals surface area contributed by atoms with E-state index < -0.39 is 0 Å². The van der Waals surface area contributed by atoms with Gasteiger partial charge >= 0.3 is 0 Å². The van der Waals surface area contributed by atoms with Crippen LogP contribution < -0.4 is 15.4 Å². The van der Waals surface area contributed by atoms with E-state index in [1.807, 2.05) is 13.8 Å². The Morgan fingerprint density at radius 3 is 2.38 bits per heavy atom. The average molecular weight is 361 g/mol. The lowest BCUT2D eigenvalue weighted by Gasteiger charge is -2.24. The van der Waals surface area contributed by atoms with Crippen molar-refractivity contribution in [2.45, 2.75) is 39.2 Å². The van der Waals surface area contributed by atoms with Crippen LogP contribution in [-0.4, -0.2) is 48.9 Å². The van der Waals surface area contributed by atoms with Crippen molar-refractivity contribution in [3.63, 3.8) is 0 Å². The molecule has 1 aliphatic carbocycles. The van der Waals surface area contributed by atoms with Crippen molar-refractivity contribution < 1.29 is 19.1 Å². The highest BCUT2D eigenvalue weighted by atomic mass is 16.5. The predicted octanol–water partition coefficient (Wildman–Crippen LogP) is 1.79. The first-order valence-electron chi connectivity index (χ1n) is 8.95.